The van der Waals surface area contributed by atoms with Crippen LogP contribution in [0.2, 0.25) is 0 Å². The third-order valence-electron chi connectivity index (χ3n) is 14.0. The number of rotatable bonds is 2. The van der Waals surface area contributed by atoms with Crippen molar-refractivity contribution in [2.45, 2.75) is 152 Å². The van der Waals surface area contributed by atoms with Crippen molar-refractivity contribution >= 4 is 11.0 Å². The number of hydrogen-bond acceptors (Lipinski definition) is 12. The van der Waals surface area contributed by atoms with Gasteiger partial charge in [0.25, 0.3) is 0 Å². The van der Waals surface area contributed by atoms with Gasteiger partial charge in [-0.05, 0) is 92.8 Å². The van der Waals surface area contributed by atoms with Crippen molar-refractivity contribution in [2.75, 3.05) is 0 Å². The summed E-state index contributed by atoms with van der Waals surface area (Å²) in [6, 6.07) is 0. The summed E-state index contributed by atoms with van der Waals surface area (Å²) in [5.74, 6) is 4.16. The Kier molecular flexibility index (Phi) is 9.72. The van der Waals surface area contributed by atoms with Gasteiger partial charge in [0.05, 0.1) is 60.3 Å². The molecule has 0 spiro atoms. The molecule has 9 rings (SSSR count). The van der Waals surface area contributed by atoms with Gasteiger partial charge in [-0.25, -0.2) is 0 Å². The van der Waals surface area contributed by atoms with E-state index < -0.39 is 11.0 Å². The summed E-state index contributed by atoms with van der Waals surface area (Å²) in [6.07, 6.45) is 20.0. The molecule has 0 aromatic carbocycles. The predicted molar refractivity (Wildman–Crippen MR) is 166 cm³/mol. The monoisotopic (exact) mass is 695 g/mol. The fourth-order valence-corrected chi connectivity index (χ4v) is 12.6. The van der Waals surface area contributed by atoms with E-state index in [9.17, 15) is 8.42 Å². The zero-order chi connectivity index (χ0) is 29.4. The molecule has 5 aliphatic heterocycles. The van der Waals surface area contributed by atoms with E-state index in [1.807, 2.05) is 0 Å². The van der Waals surface area contributed by atoms with Crippen LogP contribution in [0.4, 0.5) is 0 Å². The summed E-state index contributed by atoms with van der Waals surface area (Å²) in [7, 11) is -2.51. The molecule has 11 nitrogen and oxygen atoms in total. The second-order valence-corrected chi connectivity index (χ2v) is 16.6. The molecule has 5 heterocycles. The second kappa shape index (κ2) is 13.5. The van der Waals surface area contributed by atoms with Gasteiger partial charge < -0.3 is 12.6 Å². The van der Waals surface area contributed by atoms with Crippen LogP contribution in [0, 0.1) is 47.3 Å². The topological polar surface area (TPSA) is 140 Å². The molecule has 45 heavy (non-hydrogen) atoms. The molecule has 0 radical (unpaired) electrons. The van der Waals surface area contributed by atoms with E-state index in [1.165, 1.54) is 77.0 Å². The second-order valence-electron chi connectivity index (χ2n) is 16.0. The Morgan fingerprint density at radius 3 is 1.00 bits per heavy atom. The Labute approximate surface area is 283 Å². The first-order valence-corrected chi connectivity index (χ1v) is 19.5. The zero-order valence-corrected chi connectivity index (χ0v) is 30.5. The molecular formula is C32H55N8O3SZn-. The van der Waals surface area contributed by atoms with Crippen molar-refractivity contribution in [1.29, 1.82) is 0 Å². The van der Waals surface area contributed by atoms with E-state index in [1.54, 1.807) is 0 Å². The maximum absolute atomic E-state index is 11.8. The van der Waals surface area contributed by atoms with Crippen LogP contribution in [0.5, 0.6) is 0 Å². The molecule has 5 saturated heterocycles. The van der Waals surface area contributed by atoms with E-state index in [0.717, 1.165) is 19.3 Å². The first kappa shape index (κ1) is 32.4. The smallest absolute Gasteiger partial charge is 0.0653 e. The van der Waals surface area contributed by atoms with Crippen molar-refractivity contribution in [3.63, 3.8) is 0 Å². The number of nitrogens with one attached hydrogen (secondary N) is 8. The summed E-state index contributed by atoms with van der Waals surface area (Å²) < 4.78 is 29.3. The van der Waals surface area contributed by atoms with Crippen molar-refractivity contribution in [2.24, 2.45) is 47.3 Å². The van der Waals surface area contributed by atoms with Crippen LogP contribution in [0.25, 0.3) is 0 Å². The molecule has 0 aromatic rings. The van der Waals surface area contributed by atoms with Gasteiger partial charge in [0.15, 0.2) is 0 Å². The van der Waals surface area contributed by atoms with Crippen LogP contribution in [0.1, 0.15) is 96.3 Å². The van der Waals surface area contributed by atoms with Gasteiger partial charge in [0.1, 0.15) is 0 Å². The quantitative estimate of drug-likeness (QED) is 0.159. The Bertz CT molecular complexity index is 1130. The molecule has 0 amide bonds. The van der Waals surface area contributed by atoms with Crippen LogP contribution >= 0.6 is 0 Å². The maximum atomic E-state index is 11.8. The molecular weight excluding hydrogens is 642 g/mol. The zero-order valence-electron chi connectivity index (χ0n) is 26.8. The van der Waals surface area contributed by atoms with Crippen LogP contribution in [-0.4, -0.2) is 55.4 Å². The van der Waals surface area contributed by atoms with Gasteiger partial charge in [-0.15, -0.1) is 0 Å². The average molecular weight is 697 g/mol. The van der Waals surface area contributed by atoms with Crippen LogP contribution in [-0.2, 0) is 43.1 Å². The summed E-state index contributed by atoms with van der Waals surface area (Å²) in [5.41, 5.74) is 0. The van der Waals surface area contributed by atoms with Gasteiger partial charge in [0.2, 0.25) is 0 Å². The average Bonchev–Trinajstić information content (AvgIpc) is 3.77. The molecule has 0 aromatic heterocycles. The molecule has 17 unspecified atom stereocenters. The minimum atomic E-state index is -2.51. The van der Waals surface area contributed by atoms with Crippen molar-refractivity contribution < 1.29 is 32.1 Å². The van der Waals surface area contributed by atoms with Gasteiger partial charge >= 0.3 is 0 Å². The van der Waals surface area contributed by atoms with E-state index in [2.05, 4.69) is 42.5 Å². The Morgan fingerprint density at radius 2 is 0.667 bits per heavy atom. The van der Waals surface area contributed by atoms with E-state index in [0.29, 0.717) is 59.9 Å². The van der Waals surface area contributed by atoms with Crippen LogP contribution in [0.3, 0.4) is 0 Å². The van der Waals surface area contributed by atoms with Crippen molar-refractivity contribution in [1.82, 2.24) is 42.5 Å². The first-order valence-electron chi connectivity index (χ1n) is 18.5. The number of hydrogen-bond donors (Lipinski definition) is 8. The van der Waals surface area contributed by atoms with E-state index in [4.69, 9.17) is 4.18 Å². The van der Waals surface area contributed by atoms with E-state index >= 15 is 0 Å². The van der Waals surface area contributed by atoms with Gasteiger partial charge in [-0.3, -0.25) is 42.5 Å². The van der Waals surface area contributed by atoms with Crippen molar-refractivity contribution in [3.05, 3.63) is 0 Å². The minimum Gasteiger partial charge on any atom is -0.421 e. The summed E-state index contributed by atoms with van der Waals surface area (Å²) in [5, 5.41) is 32.9. The first-order chi connectivity index (χ1) is 21.6. The fourth-order valence-electron chi connectivity index (χ4n) is 12.2. The van der Waals surface area contributed by atoms with E-state index in [-0.39, 0.29) is 62.3 Å². The fraction of sp³-hybridized carbons (Fsp3) is 1.00. The SMILES string of the molecule is O=[S-](=O)OC1CCCC2C3NC4NC(NC5NC(NC6NC(NC(N3)C12)C1CCCCC61)C1CCCCC51)C1CCCCC41.[Zn]. The maximum Gasteiger partial charge on any atom is 0.0653 e. The molecule has 8 N–H and O–H groups in total. The van der Waals surface area contributed by atoms with Gasteiger partial charge in [-0.1, -0.05) is 44.9 Å². The molecule has 4 aliphatic carbocycles. The molecule has 8 bridgehead atoms. The molecule has 250 valence electrons. The van der Waals surface area contributed by atoms with Gasteiger partial charge in [-0.2, -0.15) is 0 Å². The predicted octanol–water partition coefficient (Wildman–Crippen LogP) is 1.82. The minimum absolute atomic E-state index is 0. The third-order valence-corrected chi connectivity index (χ3v) is 14.4. The molecule has 9 aliphatic rings. The van der Waals surface area contributed by atoms with Crippen LogP contribution in [0.15, 0.2) is 0 Å². The van der Waals surface area contributed by atoms with Crippen LogP contribution < -0.4 is 42.5 Å². The Morgan fingerprint density at radius 1 is 0.378 bits per heavy atom. The molecule has 4 saturated carbocycles. The normalized spacial score (nSPS) is 54.0. The largest absolute Gasteiger partial charge is 0.421 e. The standard InChI is InChI=1S/C32H55N8O3S.Zn/c41-44(42)43-23-15-7-14-22-24(23)32-39-30-21-13-6-5-12-20(21)28(37-30)35-26-17-9-2-1-8-16(17)25(33-26)34-27-18-10-3-4-11-19(18)29(36-27)38-31(22)40-32;/h16-40H,1-15H2;/q-1;. The Hall–Kier alpha value is 0.213. The van der Waals surface area contributed by atoms with Gasteiger partial charge in [0, 0.05) is 31.5 Å². The summed E-state index contributed by atoms with van der Waals surface area (Å²) in [4.78, 5) is 0. The number of fused-ring (bicyclic) bond motifs is 20. The third kappa shape index (κ3) is 5.94. The summed E-state index contributed by atoms with van der Waals surface area (Å²) in [6.45, 7) is 0. The van der Waals surface area contributed by atoms with Crippen molar-refractivity contribution in [3.8, 4) is 0 Å². The summed E-state index contributed by atoms with van der Waals surface area (Å²) >= 11 is 0. The molecule has 13 heteroatoms. The molecule has 17 atom stereocenters. The Balaban J connectivity index is 0.00000300. The molecule has 9 fully saturated rings.